The third-order valence-electron chi connectivity index (χ3n) is 2.32. The summed E-state index contributed by atoms with van der Waals surface area (Å²) in [5, 5.41) is 18.3. The van der Waals surface area contributed by atoms with Gasteiger partial charge in [0.25, 0.3) is 0 Å². The highest BCUT2D eigenvalue weighted by atomic mass is 35.5. The minimum atomic E-state index is -0.933. The summed E-state index contributed by atoms with van der Waals surface area (Å²) in [6.45, 7) is 3.60. The van der Waals surface area contributed by atoms with Crippen molar-refractivity contribution >= 4 is 23.3 Å². The number of rotatable bonds is 4. The molecule has 0 radical (unpaired) electrons. The number of nitriles is 1. The molecule has 0 atom stereocenters. The lowest BCUT2D eigenvalue weighted by molar-refractivity contribution is -0.135. The first-order chi connectivity index (χ1) is 7.95. The fourth-order valence-corrected chi connectivity index (χ4v) is 1.71. The molecule has 0 aliphatic heterocycles. The van der Waals surface area contributed by atoms with Crippen LogP contribution in [-0.2, 0) is 4.79 Å². The molecule has 0 aliphatic rings. The molecule has 1 rings (SSSR count). The molecule has 0 heterocycles. The number of aliphatic carboxylic acids is 1. The van der Waals surface area contributed by atoms with Gasteiger partial charge in [-0.2, -0.15) is 5.26 Å². The van der Waals surface area contributed by atoms with Crippen LogP contribution in [0.25, 0.3) is 0 Å². The van der Waals surface area contributed by atoms with Gasteiger partial charge >= 0.3 is 5.97 Å². The molecule has 0 saturated heterocycles. The zero-order chi connectivity index (χ0) is 13.0. The van der Waals surface area contributed by atoms with Crippen LogP contribution in [0.5, 0.6) is 0 Å². The van der Waals surface area contributed by atoms with Gasteiger partial charge in [-0.25, -0.2) is 0 Å². The van der Waals surface area contributed by atoms with Crippen molar-refractivity contribution in [3.63, 3.8) is 0 Å². The van der Waals surface area contributed by atoms with Crippen molar-refractivity contribution < 1.29 is 9.90 Å². The van der Waals surface area contributed by atoms with E-state index >= 15 is 0 Å². The number of anilines is 1. The molecule has 1 aromatic carbocycles. The third kappa shape index (κ3) is 3.36. The second-order valence-corrected chi connectivity index (χ2v) is 4.33. The Hall–Kier alpha value is -1.73. The van der Waals surface area contributed by atoms with Gasteiger partial charge < -0.3 is 10.0 Å². The predicted molar refractivity (Wildman–Crippen MR) is 66.3 cm³/mol. The summed E-state index contributed by atoms with van der Waals surface area (Å²) >= 11 is 5.80. The first kappa shape index (κ1) is 13.3. The van der Waals surface area contributed by atoms with Crippen molar-refractivity contribution in [2.24, 2.45) is 0 Å². The highest BCUT2D eigenvalue weighted by Gasteiger charge is 2.17. The molecule has 0 aromatic heterocycles. The molecule has 4 nitrogen and oxygen atoms in total. The monoisotopic (exact) mass is 252 g/mol. The highest BCUT2D eigenvalue weighted by Crippen LogP contribution is 2.25. The van der Waals surface area contributed by atoms with Crippen molar-refractivity contribution in [3.05, 3.63) is 28.8 Å². The number of hydrogen-bond acceptors (Lipinski definition) is 3. The van der Waals surface area contributed by atoms with Crippen LogP contribution < -0.4 is 4.90 Å². The molecular formula is C12H13ClN2O2. The first-order valence-corrected chi connectivity index (χ1v) is 5.51. The van der Waals surface area contributed by atoms with E-state index in [9.17, 15) is 4.79 Å². The zero-order valence-corrected chi connectivity index (χ0v) is 10.4. The van der Waals surface area contributed by atoms with Crippen LogP contribution >= 0.6 is 11.6 Å². The summed E-state index contributed by atoms with van der Waals surface area (Å²) in [5.74, 6) is -0.933. The van der Waals surface area contributed by atoms with Gasteiger partial charge in [0.05, 0.1) is 11.3 Å². The van der Waals surface area contributed by atoms with E-state index in [1.807, 2.05) is 19.9 Å². The minimum Gasteiger partial charge on any atom is -0.480 e. The van der Waals surface area contributed by atoms with E-state index in [0.717, 1.165) is 0 Å². The van der Waals surface area contributed by atoms with E-state index < -0.39 is 5.97 Å². The molecule has 5 heteroatoms. The quantitative estimate of drug-likeness (QED) is 0.894. The fourth-order valence-electron chi connectivity index (χ4n) is 1.54. The highest BCUT2D eigenvalue weighted by molar-refractivity contribution is 6.30. The Morgan fingerprint density at radius 1 is 1.59 bits per heavy atom. The molecule has 90 valence electrons. The van der Waals surface area contributed by atoms with Crippen LogP contribution in [0.1, 0.15) is 19.4 Å². The molecular weight excluding hydrogens is 240 g/mol. The van der Waals surface area contributed by atoms with Gasteiger partial charge in [-0.3, -0.25) is 4.79 Å². The van der Waals surface area contributed by atoms with E-state index in [1.54, 1.807) is 17.0 Å². The first-order valence-electron chi connectivity index (χ1n) is 5.13. The van der Waals surface area contributed by atoms with Gasteiger partial charge in [-0.05, 0) is 32.0 Å². The number of halogens is 1. The van der Waals surface area contributed by atoms with Crippen LogP contribution in [0.3, 0.4) is 0 Å². The second kappa shape index (κ2) is 5.55. The van der Waals surface area contributed by atoms with Crippen molar-refractivity contribution in [3.8, 4) is 6.07 Å². The molecule has 0 saturated carbocycles. The predicted octanol–water partition coefficient (Wildman–Crippen LogP) is 2.51. The molecule has 0 fully saturated rings. The standard InChI is InChI=1S/C12H13ClN2O2/c1-8(2)15(7-12(16)17)11-4-3-10(13)5-9(11)6-14/h3-5,8H,7H2,1-2H3,(H,16,17). The minimum absolute atomic E-state index is 0.0145. The summed E-state index contributed by atoms with van der Waals surface area (Å²) in [4.78, 5) is 12.5. The Kier molecular flexibility index (Phi) is 4.36. The van der Waals surface area contributed by atoms with Crippen molar-refractivity contribution in [1.29, 1.82) is 5.26 Å². The van der Waals surface area contributed by atoms with Crippen LogP contribution in [0.15, 0.2) is 18.2 Å². The van der Waals surface area contributed by atoms with Crippen LogP contribution in [0, 0.1) is 11.3 Å². The van der Waals surface area contributed by atoms with Gasteiger partial charge in [-0.15, -0.1) is 0 Å². The Labute approximate surface area is 105 Å². The molecule has 0 unspecified atom stereocenters. The Balaban J connectivity index is 3.19. The molecule has 0 bridgehead atoms. The van der Waals surface area contributed by atoms with E-state index in [4.69, 9.17) is 22.0 Å². The molecule has 1 aromatic rings. The maximum absolute atomic E-state index is 10.8. The Morgan fingerprint density at radius 3 is 2.71 bits per heavy atom. The van der Waals surface area contributed by atoms with E-state index in [0.29, 0.717) is 16.3 Å². The number of hydrogen-bond donors (Lipinski definition) is 1. The maximum atomic E-state index is 10.8. The maximum Gasteiger partial charge on any atom is 0.323 e. The number of carboxylic acids is 1. The lowest BCUT2D eigenvalue weighted by Crippen LogP contribution is -2.36. The number of carboxylic acid groups (broad SMARTS) is 1. The summed E-state index contributed by atoms with van der Waals surface area (Å²) < 4.78 is 0. The SMILES string of the molecule is CC(C)N(CC(=O)O)c1ccc(Cl)cc1C#N. The number of nitrogens with zero attached hydrogens (tertiary/aromatic N) is 2. The molecule has 1 N–H and O–H groups in total. The number of carbonyl (C=O) groups is 1. The van der Waals surface area contributed by atoms with E-state index in [2.05, 4.69) is 0 Å². The average molecular weight is 253 g/mol. The fraction of sp³-hybridized carbons (Fsp3) is 0.333. The lowest BCUT2D eigenvalue weighted by Gasteiger charge is -2.28. The largest absolute Gasteiger partial charge is 0.480 e. The molecule has 17 heavy (non-hydrogen) atoms. The van der Waals surface area contributed by atoms with Gasteiger partial charge in [-0.1, -0.05) is 11.6 Å². The molecule has 0 aliphatic carbocycles. The van der Waals surface area contributed by atoms with Crippen LogP contribution in [0.2, 0.25) is 5.02 Å². The summed E-state index contributed by atoms with van der Waals surface area (Å²) in [5.41, 5.74) is 0.974. The smallest absolute Gasteiger partial charge is 0.323 e. The van der Waals surface area contributed by atoms with Gasteiger partial charge in [0.2, 0.25) is 0 Å². The third-order valence-corrected chi connectivity index (χ3v) is 2.55. The van der Waals surface area contributed by atoms with Crippen LogP contribution in [-0.4, -0.2) is 23.7 Å². The second-order valence-electron chi connectivity index (χ2n) is 3.89. The van der Waals surface area contributed by atoms with Crippen LogP contribution in [0.4, 0.5) is 5.69 Å². The lowest BCUT2D eigenvalue weighted by atomic mass is 10.1. The normalized spacial score (nSPS) is 10.1. The van der Waals surface area contributed by atoms with Crippen molar-refractivity contribution in [2.75, 3.05) is 11.4 Å². The van der Waals surface area contributed by atoms with Gasteiger partial charge in [0, 0.05) is 11.1 Å². The Morgan fingerprint density at radius 2 is 2.24 bits per heavy atom. The van der Waals surface area contributed by atoms with Crippen molar-refractivity contribution in [1.82, 2.24) is 0 Å². The van der Waals surface area contributed by atoms with E-state index in [1.165, 1.54) is 6.07 Å². The topological polar surface area (TPSA) is 64.3 Å². The van der Waals surface area contributed by atoms with E-state index in [-0.39, 0.29) is 12.6 Å². The molecule has 0 amide bonds. The summed E-state index contributed by atoms with van der Waals surface area (Å²) in [7, 11) is 0. The Bertz CT molecular complexity index is 466. The average Bonchev–Trinajstić information content (AvgIpc) is 2.25. The summed E-state index contributed by atoms with van der Waals surface area (Å²) in [6, 6.07) is 6.87. The van der Waals surface area contributed by atoms with Gasteiger partial charge in [0.15, 0.2) is 0 Å². The molecule has 0 spiro atoms. The summed E-state index contributed by atoms with van der Waals surface area (Å²) in [6.07, 6.45) is 0. The van der Waals surface area contributed by atoms with Crippen molar-refractivity contribution in [2.45, 2.75) is 19.9 Å². The number of benzene rings is 1. The zero-order valence-electron chi connectivity index (χ0n) is 9.64. The van der Waals surface area contributed by atoms with Gasteiger partial charge in [0.1, 0.15) is 12.6 Å².